The SMILES string of the molecule is COc1cc(COC2CN(C(=O)O)CC(O)C2c2ccc(OCCCOCc3ccccc3)cc2)c(OC)c2ccccc12. The van der Waals surface area contributed by atoms with Crippen LogP contribution in [0.3, 0.4) is 0 Å². The number of likely N-dealkylation sites (tertiary alicyclic amines) is 1. The van der Waals surface area contributed by atoms with Crippen LogP contribution in [0.4, 0.5) is 4.79 Å². The van der Waals surface area contributed by atoms with Crippen molar-refractivity contribution in [2.24, 2.45) is 0 Å². The quantitative estimate of drug-likeness (QED) is 0.184. The lowest BCUT2D eigenvalue weighted by Gasteiger charge is -2.40. The van der Waals surface area contributed by atoms with Gasteiger partial charge in [-0.25, -0.2) is 4.79 Å². The zero-order valence-corrected chi connectivity index (χ0v) is 25.1. The summed E-state index contributed by atoms with van der Waals surface area (Å²) in [5, 5.41) is 22.7. The van der Waals surface area contributed by atoms with Crippen LogP contribution in [0.15, 0.2) is 84.9 Å². The van der Waals surface area contributed by atoms with Crippen molar-refractivity contribution in [2.75, 3.05) is 40.5 Å². The van der Waals surface area contributed by atoms with E-state index in [1.807, 2.05) is 84.9 Å². The number of aliphatic hydroxyl groups is 1. The highest BCUT2D eigenvalue weighted by atomic mass is 16.5. The average molecular weight is 602 g/mol. The molecule has 9 heteroatoms. The molecule has 0 spiro atoms. The predicted octanol–water partition coefficient (Wildman–Crippen LogP) is 5.87. The first-order valence-electron chi connectivity index (χ1n) is 14.7. The second-order valence-corrected chi connectivity index (χ2v) is 10.8. The fourth-order valence-electron chi connectivity index (χ4n) is 5.73. The van der Waals surface area contributed by atoms with Crippen molar-refractivity contribution < 1.29 is 38.7 Å². The summed E-state index contributed by atoms with van der Waals surface area (Å²) in [5.41, 5.74) is 2.74. The lowest BCUT2D eigenvalue weighted by atomic mass is 9.84. The Bertz CT molecular complexity index is 1510. The third kappa shape index (κ3) is 7.42. The van der Waals surface area contributed by atoms with Crippen molar-refractivity contribution >= 4 is 16.9 Å². The maximum atomic E-state index is 11.9. The molecular formula is C35H39NO8. The Hall–Kier alpha value is -4.31. The van der Waals surface area contributed by atoms with Crippen LogP contribution in [0.5, 0.6) is 17.2 Å². The predicted molar refractivity (Wildman–Crippen MR) is 167 cm³/mol. The molecule has 3 atom stereocenters. The first kappa shape index (κ1) is 31.1. The van der Waals surface area contributed by atoms with Gasteiger partial charge in [-0.1, -0.05) is 66.7 Å². The number of ether oxygens (including phenoxy) is 5. The lowest BCUT2D eigenvalue weighted by molar-refractivity contribution is -0.0662. The molecule has 44 heavy (non-hydrogen) atoms. The van der Waals surface area contributed by atoms with E-state index in [0.29, 0.717) is 37.1 Å². The highest BCUT2D eigenvalue weighted by Crippen LogP contribution is 2.38. The number of rotatable bonds is 13. The van der Waals surface area contributed by atoms with Gasteiger partial charge in [0.2, 0.25) is 0 Å². The van der Waals surface area contributed by atoms with Crippen LogP contribution >= 0.6 is 0 Å². The number of piperidine rings is 1. The summed E-state index contributed by atoms with van der Waals surface area (Å²) in [4.78, 5) is 13.1. The molecule has 1 amide bonds. The van der Waals surface area contributed by atoms with Crippen LogP contribution in [-0.4, -0.2) is 73.9 Å². The van der Waals surface area contributed by atoms with Crippen LogP contribution in [-0.2, 0) is 22.7 Å². The minimum absolute atomic E-state index is 0.00574. The summed E-state index contributed by atoms with van der Waals surface area (Å²) >= 11 is 0. The van der Waals surface area contributed by atoms with E-state index < -0.39 is 24.2 Å². The van der Waals surface area contributed by atoms with Crippen molar-refractivity contribution in [2.45, 2.75) is 37.8 Å². The monoisotopic (exact) mass is 601 g/mol. The van der Waals surface area contributed by atoms with Crippen LogP contribution in [0.25, 0.3) is 10.8 Å². The lowest BCUT2D eigenvalue weighted by Crippen LogP contribution is -2.53. The minimum atomic E-state index is -1.10. The van der Waals surface area contributed by atoms with E-state index in [4.69, 9.17) is 23.7 Å². The highest BCUT2D eigenvalue weighted by molar-refractivity contribution is 5.94. The number of methoxy groups -OCH3 is 2. The Morgan fingerprint density at radius 2 is 1.59 bits per heavy atom. The first-order chi connectivity index (χ1) is 21.5. The summed E-state index contributed by atoms with van der Waals surface area (Å²) in [6.45, 7) is 1.92. The summed E-state index contributed by atoms with van der Waals surface area (Å²) in [6, 6.07) is 27.3. The molecule has 1 saturated heterocycles. The third-order valence-electron chi connectivity index (χ3n) is 7.88. The molecule has 1 heterocycles. The number of hydrogen-bond acceptors (Lipinski definition) is 7. The Labute approximate surface area is 257 Å². The third-order valence-corrected chi connectivity index (χ3v) is 7.88. The minimum Gasteiger partial charge on any atom is -0.496 e. The zero-order chi connectivity index (χ0) is 30.9. The molecule has 3 unspecified atom stereocenters. The highest BCUT2D eigenvalue weighted by Gasteiger charge is 2.39. The molecule has 0 saturated carbocycles. The number of carboxylic acid groups (broad SMARTS) is 1. The largest absolute Gasteiger partial charge is 0.496 e. The number of fused-ring (bicyclic) bond motifs is 1. The summed E-state index contributed by atoms with van der Waals surface area (Å²) in [6.07, 6.45) is -1.91. The van der Waals surface area contributed by atoms with Crippen molar-refractivity contribution in [3.63, 3.8) is 0 Å². The van der Waals surface area contributed by atoms with Gasteiger partial charge in [0, 0.05) is 28.7 Å². The van der Waals surface area contributed by atoms with E-state index in [-0.39, 0.29) is 19.7 Å². The van der Waals surface area contributed by atoms with Gasteiger partial charge >= 0.3 is 6.09 Å². The van der Waals surface area contributed by atoms with Gasteiger partial charge in [-0.05, 0) is 29.3 Å². The van der Waals surface area contributed by atoms with Gasteiger partial charge in [-0.15, -0.1) is 0 Å². The van der Waals surface area contributed by atoms with E-state index in [0.717, 1.165) is 33.9 Å². The van der Waals surface area contributed by atoms with Gasteiger partial charge in [0.15, 0.2) is 0 Å². The number of β-amino-alcohol motifs (C(OH)–C–C–N with tert-alkyl or cyclic N) is 1. The molecule has 9 nitrogen and oxygen atoms in total. The molecule has 1 aliphatic rings. The van der Waals surface area contributed by atoms with E-state index in [1.54, 1.807) is 14.2 Å². The Balaban J connectivity index is 1.25. The molecule has 2 N–H and O–H groups in total. The zero-order valence-electron chi connectivity index (χ0n) is 25.1. The summed E-state index contributed by atoms with van der Waals surface area (Å²) < 4.78 is 29.4. The van der Waals surface area contributed by atoms with Crippen molar-refractivity contribution in [3.8, 4) is 17.2 Å². The van der Waals surface area contributed by atoms with E-state index in [1.165, 1.54) is 4.90 Å². The second-order valence-electron chi connectivity index (χ2n) is 10.8. The molecule has 0 aliphatic carbocycles. The second kappa shape index (κ2) is 14.9. The average Bonchev–Trinajstić information content (AvgIpc) is 3.05. The number of amides is 1. The molecule has 0 radical (unpaired) electrons. The van der Waals surface area contributed by atoms with E-state index in [2.05, 4.69) is 0 Å². The Kier molecular flexibility index (Phi) is 10.6. The normalized spacial score (nSPS) is 18.2. The molecule has 0 aromatic heterocycles. The van der Waals surface area contributed by atoms with Gasteiger partial charge < -0.3 is 38.8 Å². The smallest absolute Gasteiger partial charge is 0.407 e. The maximum Gasteiger partial charge on any atom is 0.407 e. The molecule has 0 bridgehead atoms. The van der Waals surface area contributed by atoms with E-state index >= 15 is 0 Å². The molecule has 4 aromatic carbocycles. The number of benzene rings is 4. The van der Waals surface area contributed by atoms with Crippen LogP contribution in [0.1, 0.15) is 29.0 Å². The van der Waals surface area contributed by atoms with Gasteiger partial charge in [0.05, 0.1) is 65.9 Å². The van der Waals surface area contributed by atoms with Crippen LogP contribution < -0.4 is 14.2 Å². The molecule has 1 fully saturated rings. The van der Waals surface area contributed by atoms with Gasteiger partial charge in [-0.3, -0.25) is 0 Å². The number of nitrogens with zero attached hydrogens (tertiary/aromatic N) is 1. The van der Waals surface area contributed by atoms with Gasteiger partial charge in [0.25, 0.3) is 0 Å². The number of aliphatic hydroxyl groups excluding tert-OH is 1. The molecule has 4 aromatic rings. The first-order valence-corrected chi connectivity index (χ1v) is 14.7. The number of hydrogen-bond donors (Lipinski definition) is 2. The number of carbonyl (C=O) groups is 1. The van der Waals surface area contributed by atoms with Crippen LogP contribution in [0.2, 0.25) is 0 Å². The van der Waals surface area contributed by atoms with Crippen molar-refractivity contribution in [1.29, 1.82) is 0 Å². The molecular weight excluding hydrogens is 562 g/mol. The van der Waals surface area contributed by atoms with Crippen LogP contribution in [0, 0.1) is 0 Å². The van der Waals surface area contributed by atoms with Crippen molar-refractivity contribution in [3.05, 3.63) is 102 Å². The standard InChI is InChI=1S/C35H39NO8/c1-40-31-19-26(34(41-2)29-12-7-6-11-28(29)31)23-44-32-21-36(35(38)39)20-30(37)33(32)25-13-15-27(16-14-25)43-18-8-17-42-22-24-9-4-3-5-10-24/h3-7,9-16,19,30,32-33,37H,8,17-18,20-23H2,1-2H3,(H,38,39). The molecule has 5 rings (SSSR count). The maximum absolute atomic E-state index is 11.9. The van der Waals surface area contributed by atoms with Gasteiger partial charge in [0.1, 0.15) is 17.2 Å². The fourth-order valence-corrected chi connectivity index (χ4v) is 5.73. The molecule has 232 valence electrons. The molecule has 1 aliphatic heterocycles. The van der Waals surface area contributed by atoms with E-state index in [9.17, 15) is 15.0 Å². The van der Waals surface area contributed by atoms with Gasteiger partial charge in [-0.2, -0.15) is 0 Å². The summed E-state index contributed by atoms with van der Waals surface area (Å²) in [5.74, 6) is 1.61. The van der Waals surface area contributed by atoms with Crippen molar-refractivity contribution in [1.82, 2.24) is 4.90 Å². The summed E-state index contributed by atoms with van der Waals surface area (Å²) in [7, 11) is 3.23. The fraction of sp³-hybridized carbons (Fsp3) is 0.343. The Morgan fingerprint density at radius 3 is 2.30 bits per heavy atom. The topological polar surface area (TPSA) is 107 Å². The Morgan fingerprint density at radius 1 is 0.864 bits per heavy atom.